The van der Waals surface area contributed by atoms with E-state index in [0.29, 0.717) is 22.4 Å². The number of pyridine rings is 1. The van der Waals surface area contributed by atoms with Crippen LogP contribution in [0.4, 0.5) is 5.82 Å². The lowest BCUT2D eigenvalue weighted by Gasteiger charge is -2.12. The molecule has 2 aromatic heterocycles. The molecule has 0 bridgehead atoms. The maximum atomic E-state index is 13.4. The van der Waals surface area contributed by atoms with Gasteiger partial charge < -0.3 is 4.74 Å². The maximum absolute atomic E-state index is 13.4. The highest BCUT2D eigenvalue weighted by molar-refractivity contribution is 8.18. The van der Waals surface area contributed by atoms with E-state index in [1.165, 1.54) is 11.8 Å². The number of carbonyl (C=O) groups is 1. The van der Waals surface area contributed by atoms with Crippen molar-refractivity contribution >= 4 is 34.7 Å². The molecule has 8 heteroatoms. The number of methoxy groups -OCH3 is 1. The lowest BCUT2D eigenvalue weighted by molar-refractivity contribution is -0.121. The van der Waals surface area contributed by atoms with E-state index in [4.69, 9.17) is 9.84 Å². The van der Waals surface area contributed by atoms with Crippen molar-refractivity contribution in [2.45, 2.75) is 6.92 Å². The summed E-state index contributed by atoms with van der Waals surface area (Å²) in [7, 11) is 1.64. The molecule has 0 atom stereocenters. The highest BCUT2D eigenvalue weighted by Crippen LogP contribution is 2.36. The Labute approximate surface area is 219 Å². The number of carbonyl (C=O) groups excluding carboxylic acids is 1. The van der Waals surface area contributed by atoms with Gasteiger partial charge in [-0.2, -0.15) is 5.10 Å². The first-order valence-electron chi connectivity index (χ1n) is 11.7. The minimum Gasteiger partial charge on any atom is -0.497 e. The van der Waals surface area contributed by atoms with Gasteiger partial charge in [-0.3, -0.25) is 9.69 Å². The number of amidine groups is 1. The Morgan fingerprint density at radius 1 is 1.05 bits per heavy atom. The zero-order valence-electron chi connectivity index (χ0n) is 20.5. The summed E-state index contributed by atoms with van der Waals surface area (Å²) in [5.41, 5.74) is 4.28. The summed E-state index contributed by atoms with van der Waals surface area (Å²) in [5.74, 6) is 1.18. The molecule has 37 heavy (non-hydrogen) atoms. The molecule has 1 fully saturated rings. The number of ether oxygens (including phenoxy) is 1. The average molecular weight is 508 g/mol. The molecule has 0 saturated carbocycles. The molecule has 0 unspecified atom stereocenters. The Kier molecular flexibility index (Phi) is 7.00. The van der Waals surface area contributed by atoms with E-state index in [1.807, 2.05) is 96.7 Å². The third-order valence-electron chi connectivity index (χ3n) is 5.70. The number of thioether (sulfide) groups is 1. The van der Waals surface area contributed by atoms with Crippen molar-refractivity contribution in [3.8, 4) is 22.7 Å². The molecule has 0 aliphatic carbocycles. The number of hydrogen-bond donors (Lipinski definition) is 0. The van der Waals surface area contributed by atoms with Gasteiger partial charge in [0, 0.05) is 29.6 Å². The van der Waals surface area contributed by atoms with Gasteiger partial charge >= 0.3 is 0 Å². The number of para-hydroxylation sites is 1. The zero-order chi connectivity index (χ0) is 25.8. The summed E-state index contributed by atoms with van der Waals surface area (Å²) in [6, 6.07) is 23.2. The second-order valence-corrected chi connectivity index (χ2v) is 9.30. The molecule has 1 saturated heterocycles. The first-order chi connectivity index (χ1) is 18.1. The quantitative estimate of drug-likeness (QED) is 0.225. The SMILES string of the molecule is C=CCN1C(=O)/C(=C/c2cn(-c3ccccc3)nc2-c2ccc(OC)cc2)S/C1=N/c1cccc(C)n1. The Morgan fingerprint density at radius 2 is 1.84 bits per heavy atom. The van der Waals surface area contributed by atoms with E-state index in [9.17, 15) is 4.79 Å². The van der Waals surface area contributed by atoms with Crippen LogP contribution in [-0.4, -0.2) is 44.4 Å². The van der Waals surface area contributed by atoms with Crippen LogP contribution in [0, 0.1) is 6.92 Å². The second-order valence-electron chi connectivity index (χ2n) is 8.29. The largest absolute Gasteiger partial charge is 0.497 e. The van der Waals surface area contributed by atoms with Crippen LogP contribution in [0.15, 0.2) is 102 Å². The monoisotopic (exact) mass is 507 g/mol. The molecule has 0 radical (unpaired) electrons. The predicted octanol–water partition coefficient (Wildman–Crippen LogP) is 6.04. The molecule has 0 N–H and O–H groups in total. The van der Waals surface area contributed by atoms with Crippen LogP contribution in [-0.2, 0) is 4.79 Å². The number of benzene rings is 2. The minimum atomic E-state index is -0.135. The van der Waals surface area contributed by atoms with Gasteiger partial charge in [-0.05, 0) is 73.3 Å². The number of aliphatic imine (C=N–C) groups is 1. The van der Waals surface area contributed by atoms with E-state index < -0.39 is 0 Å². The van der Waals surface area contributed by atoms with Crippen molar-refractivity contribution in [2.75, 3.05) is 13.7 Å². The topological polar surface area (TPSA) is 72.6 Å². The Hall–Kier alpha value is -4.43. The number of aryl methyl sites for hydroxylation is 1. The van der Waals surface area contributed by atoms with E-state index in [2.05, 4.69) is 16.6 Å². The van der Waals surface area contributed by atoms with Crippen LogP contribution in [0.5, 0.6) is 5.75 Å². The van der Waals surface area contributed by atoms with E-state index in [1.54, 1.807) is 18.1 Å². The first kappa shape index (κ1) is 24.3. The number of rotatable bonds is 7. The molecule has 5 rings (SSSR count). The summed E-state index contributed by atoms with van der Waals surface area (Å²) < 4.78 is 7.14. The fraction of sp³-hybridized carbons (Fsp3) is 0.103. The van der Waals surface area contributed by atoms with E-state index >= 15 is 0 Å². The summed E-state index contributed by atoms with van der Waals surface area (Å²) >= 11 is 1.32. The van der Waals surface area contributed by atoms with Crippen molar-refractivity contribution < 1.29 is 9.53 Å². The smallest absolute Gasteiger partial charge is 0.267 e. The van der Waals surface area contributed by atoms with Gasteiger partial charge in [-0.25, -0.2) is 14.7 Å². The predicted molar refractivity (Wildman–Crippen MR) is 149 cm³/mol. The third kappa shape index (κ3) is 5.24. The lowest BCUT2D eigenvalue weighted by atomic mass is 10.1. The molecule has 1 amide bonds. The van der Waals surface area contributed by atoms with Gasteiger partial charge in [0.25, 0.3) is 5.91 Å². The lowest BCUT2D eigenvalue weighted by Crippen LogP contribution is -2.29. The van der Waals surface area contributed by atoms with Crippen molar-refractivity contribution in [3.05, 3.63) is 108 Å². The Bertz CT molecular complexity index is 1510. The number of hydrogen-bond acceptors (Lipinski definition) is 6. The van der Waals surface area contributed by atoms with Crippen LogP contribution in [0.25, 0.3) is 23.0 Å². The third-order valence-corrected chi connectivity index (χ3v) is 6.70. The molecule has 3 heterocycles. The summed E-state index contributed by atoms with van der Waals surface area (Å²) in [6.07, 6.45) is 5.50. The number of amides is 1. The summed E-state index contributed by atoms with van der Waals surface area (Å²) in [6.45, 7) is 6.07. The van der Waals surface area contributed by atoms with Crippen LogP contribution in [0.1, 0.15) is 11.3 Å². The highest BCUT2D eigenvalue weighted by Gasteiger charge is 2.33. The Balaban J connectivity index is 1.58. The van der Waals surface area contributed by atoms with Gasteiger partial charge in [-0.15, -0.1) is 6.58 Å². The normalized spacial score (nSPS) is 15.5. The van der Waals surface area contributed by atoms with Gasteiger partial charge in [0.1, 0.15) is 5.75 Å². The summed E-state index contributed by atoms with van der Waals surface area (Å²) in [4.78, 5) is 24.7. The fourth-order valence-corrected chi connectivity index (χ4v) is 4.88. The van der Waals surface area contributed by atoms with Gasteiger partial charge in [0.2, 0.25) is 0 Å². The molecule has 7 nitrogen and oxygen atoms in total. The van der Waals surface area contributed by atoms with Crippen molar-refractivity contribution in [1.82, 2.24) is 19.7 Å². The second kappa shape index (κ2) is 10.7. The van der Waals surface area contributed by atoms with Gasteiger partial charge in [-0.1, -0.05) is 30.3 Å². The van der Waals surface area contributed by atoms with E-state index in [0.717, 1.165) is 34.0 Å². The standard InChI is InChI=1S/C29H25N5O2S/c1-4-17-33-28(35)25(37-29(33)31-26-12-8-9-20(2)30-26)18-22-19-34(23-10-6-5-7-11-23)32-27(22)21-13-15-24(36-3)16-14-21/h4-16,18-19H,1,17H2,2-3H3/b25-18-,31-29+. The Morgan fingerprint density at radius 3 is 2.54 bits per heavy atom. The van der Waals surface area contributed by atoms with E-state index in [-0.39, 0.29) is 5.91 Å². The highest BCUT2D eigenvalue weighted by atomic mass is 32.2. The van der Waals surface area contributed by atoms with Crippen LogP contribution >= 0.6 is 11.8 Å². The maximum Gasteiger partial charge on any atom is 0.267 e. The van der Waals surface area contributed by atoms with Crippen molar-refractivity contribution in [1.29, 1.82) is 0 Å². The molecule has 1 aliphatic rings. The molecular weight excluding hydrogens is 482 g/mol. The van der Waals surface area contributed by atoms with Gasteiger partial charge in [0.15, 0.2) is 11.0 Å². The van der Waals surface area contributed by atoms with Crippen LogP contribution < -0.4 is 4.74 Å². The van der Waals surface area contributed by atoms with Crippen LogP contribution in [0.3, 0.4) is 0 Å². The van der Waals surface area contributed by atoms with Crippen LogP contribution in [0.2, 0.25) is 0 Å². The van der Waals surface area contributed by atoms with Gasteiger partial charge in [0.05, 0.1) is 23.4 Å². The number of aromatic nitrogens is 3. The number of nitrogens with zero attached hydrogens (tertiary/aromatic N) is 5. The molecule has 4 aromatic rings. The fourth-order valence-electron chi connectivity index (χ4n) is 3.89. The molecule has 0 spiro atoms. The minimum absolute atomic E-state index is 0.135. The average Bonchev–Trinajstić information content (AvgIpc) is 3.46. The molecule has 184 valence electrons. The summed E-state index contributed by atoms with van der Waals surface area (Å²) in [5, 5.41) is 5.43. The van der Waals surface area contributed by atoms with Crippen molar-refractivity contribution in [2.24, 2.45) is 4.99 Å². The molecule has 1 aliphatic heterocycles. The molecule has 2 aromatic carbocycles. The zero-order valence-corrected chi connectivity index (χ0v) is 21.4. The molecular formula is C29H25N5O2S. The van der Waals surface area contributed by atoms with Crippen molar-refractivity contribution in [3.63, 3.8) is 0 Å². The first-order valence-corrected chi connectivity index (χ1v) is 12.5.